The molecule has 1 fully saturated rings. The average Bonchev–Trinajstić information content (AvgIpc) is 2.97. The Balaban J connectivity index is 1.54. The number of thiazole rings is 1. The van der Waals surface area contributed by atoms with E-state index in [1.807, 2.05) is 5.38 Å². The van der Waals surface area contributed by atoms with E-state index in [2.05, 4.69) is 4.98 Å². The van der Waals surface area contributed by atoms with Gasteiger partial charge in [-0.2, -0.15) is 0 Å². The van der Waals surface area contributed by atoms with E-state index < -0.39 is 5.60 Å². The molecule has 2 aromatic rings. The summed E-state index contributed by atoms with van der Waals surface area (Å²) >= 11 is 7.30. The molecule has 0 bridgehead atoms. The largest absolute Gasteiger partial charge is 0.478 e. The number of rotatable bonds is 5. The molecular formula is C16H17ClN2O3S. The predicted molar refractivity (Wildman–Crippen MR) is 89.3 cm³/mol. The van der Waals surface area contributed by atoms with Crippen LogP contribution in [0.25, 0.3) is 0 Å². The summed E-state index contributed by atoms with van der Waals surface area (Å²) in [6.45, 7) is 4.62. The van der Waals surface area contributed by atoms with Gasteiger partial charge in [-0.1, -0.05) is 22.9 Å². The van der Waals surface area contributed by atoms with Crippen molar-refractivity contribution in [1.82, 2.24) is 9.88 Å². The number of hydrogen-bond donors (Lipinski definition) is 0. The first-order valence-electron chi connectivity index (χ1n) is 7.24. The van der Waals surface area contributed by atoms with Crippen LogP contribution in [0.5, 0.6) is 10.9 Å². The Morgan fingerprint density at radius 2 is 2.04 bits per heavy atom. The SMILES string of the molecule is CC(C)(Oc1ccc(Cl)cc1)C(=O)N1CC(Oc2nccs2)C1. The number of likely N-dealkylation sites (tertiary alicyclic amines) is 1. The van der Waals surface area contributed by atoms with Gasteiger partial charge in [-0.3, -0.25) is 4.79 Å². The van der Waals surface area contributed by atoms with Crippen LogP contribution in [-0.4, -0.2) is 40.6 Å². The summed E-state index contributed by atoms with van der Waals surface area (Å²) in [6.07, 6.45) is 1.70. The van der Waals surface area contributed by atoms with E-state index in [9.17, 15) is 4.79 Å². The minimum Gasteiger partial charge on any atom is -0.478 e. The van der Waals surface area contributed by atoms with Gasteiger partial charge >= 0.3 is 0 Å². The molecule has 0 N–H and O–H groups in total. The number of benzene rings is 1. The quantitative estimate of drug-likeness (QED) is 0.829. The predicted octanol–water partition coefficient (Wildman–Crippen LogP) is 3.24. The lowest BCUT2D eigenvalue weighted by Crippen LogP contribution is -2.61. The Morgan fingerprint density at radius 1 is 1.35 bits per heavy atom. The van der Waals surface area contributed by atoms with Gasteiger partial charge in [-0.25, -0.2) is 4.98 Å². The molecule has 0 unspecified atom stereocenters. The van der Waals surface area contributed by atoms with E-state index in [4.69, 9.17) is 21.1 Å². The average molecular weight is 353 g/mol. The number of hydrogen-bond acceptors (Lipinski definition) is 5. The van der Waals surface area contributed by atoms with Crippen molar-refractivity contribution in [3.8, 4) is 10.9 Å². The molecule has 1 aliphatic rings. The Bertz CT molecular complexity index is 667. The third-order valence-electron chi connectivity index (χ3n) is 3.51. The smallest absolute Gasteiger partial charge is 0.273 e. The summed E-state index contributed by atoms with van der Waals surface area (Å²) in [4.78, 5) is 18.4. The highest BCUT2D eigenvalue weighted by atomic mass is 35.5. The van der Waals surface area contributed by atoms with Crippen LogP contribution in [-0.2, 0) is 4.79 Å². The van der Waals surface area contributed by atoms with Crippen LogP contribution < -0.4 is 9.47 Å². The second-order valence-corrected chi connectivity index (χ2v) is 7.11. The number of ether oxygens (including phenoxy) is 2. The highest BCUT2D eigenvalue weighted by Gasteiger charge is 2.41. The molecule has 5 nitrogen and oxygen atoms in total. The minimum atomic E-state index is -0.944. The molecule has 3 rings (SSSR count). The third kappa shape index (κ3) is 3.76. The second kappa shape index (κ2) is 6.37. The van der Waals surface area contributed by atoms with Crippen LogP contribution in [0.4, 0.5) is 0 Å². The summed E-state index contributed by atoms with van der Waals surface area (Å²) in [5.74, 6) is 0.551. The van der Waals surface area contributed by atoms with Crippen molar-refractivity contribution in [3.63, 3.8) is 0 Å². The highest BCUT2D eigenvalue weighted by Crippen LogP contribution is 2.26. The van der Waals surface area contributed by atoms with E-state index in [-0.39, 0.29) is 12.0 Å². The minimum absolute atomic E-state index is 0.00330. The van der Waals surface area contributed by atoms with Gasteiger partial charge in [0.2, 0.25) is 0 Å². The van der Waals surface area contributed by atoms with Crippen molar-refractivity contribution in [2.45, 2.75) is 25.6 Å². The van der Waals surface area contributed by atoms with Crippen molar-refractivity contribution in [3.05, 3.63) is 40.9 Å². The van der Waals surface area contributed by atoms with Crippen LogP contribution in [0, 0.1) is 0 Å². The lowest BCUT2D eigenvalue weighted by atomic mass is 10.0. The molecular weight excluding hydrogens is 336 g/mol. The number of nitrogens with zero attached hydrogens (tertiary/aromatic N) is 2. The van der Waals surface area contributed by atoms with Crippen molar-refractivity contribution in [1.29, 1.82) is 0 Å². The molecule has 1 aliphatic heterocycles. The lowest BCUT2D eigenvalue weighted by molar-refractivity contribution is -0.154. The molecule has 0 atom stereocenters. The van der Waals surface area contributed by atoms with Gasteiger partial charge < -0.3 is 14.4 Å². The monoisotopic (exact) mass is 352 g/mol. The highest BCUT2D eigenvalue weighted by molar-refractivity contribution is 7.11. The molecule has 1 saturated heterocycles. The molecule has 0 radical (unpaired) electrons. The summed E-state index contributed by atoms with van der Waals surface area (Å²) in [7, 11) is 0. The maximum atomic E-state index is 12.6. The molecule has 2 heterocycles. The van der Waals surface area contributed by atoms with Crippen molar-refractivity contribution >= 4 is 28.8 Å². The van der Waals surface area contributed by atoms with E-state index in [1.54, 1.807) is 49.2 Å². The molecule has 0 aliphatic carbocycles. The summed E-state index contributed by atoms with van der Waals surface area (Å²) < 4.78 is 11.5. The molecule has 1 aromatic carbocycles. The van der Waals surface area contributed by atoms with Gasteiger partial charge in [-0.05, 0) is 38.1 Å². The molecule has 1 amide bonds. The zero-order chi connectivity index (χ0) is 16.4. The first-order valence-corrected chi connectivity index (χ1v) is 8.50. The molecule has 23 heavy (non-hydrogen) atoms. The summed E-state index contributed by atoms with van der Waals surface area (Å²) in [5.41, 5.74) is -0.944. The zero-order valence-electron chi connectivity index (χ0n) is 12.9. The number of carbonyl (C=O) groups excluding carboxylic acids is 1. The van der Waals surface area contributed by atoms with Crippen LogP contribution in [0.1, 0.15) is 13.8 Å². The van der Waals surface area contributed by atoms with Crippen LogP contribution >= 0.6 is 22.9 Å². The van der Waals surface area contributed by atoms with E-state index in [1.165, 1.54) is 11.3 Å². The Hall–Kier alpha value is -1.79. The first-order chi connectivity index (χ1) is 10.9. The topological polar surface area (TPSA) is 51.7 Å². The van der Waals surface area contributed by atoms with E-state index in [0.29, 0.717) is 29.1 Å². The van der Waals surface area contributed by atoms with Crippen molar-refractivity contribution < 1.29 is 14.3 Å². The normalized spacial score (nSPS) is 15.2. The molecule has 7 heteroatoms. The number of carbonyl (C=O) groups is 1. The lowest BCUT2D eigenvalue weighted by Gasteiger charge is -2.42. The summed E-state index contributed by atoms with van der Waals surface area (Å²) in [6, 6.07) is 6.97. The fraction of sp³-hybridized carbons (Fsp3) is 0.375. The van der Waals surface area contributed by atoms with Crippen LogP contribution in [0.2, 0.25) is 5.02 Å². The fourth-order valence-electron chi connectivity index (χ4n) is 2.31. The Kier molecular flexibility index (Phi) is 4.46. The number of aromatic nitrogens is 1. The van der Waals surface area contributed by atoms with Gasteiger partial charge in [0.1, 0.15) is 11.9 Å². The van der Waals surface area contributed by atoms with Crippen LogP contribution in [0.15, 0.2) is 35.8 Å². The third-order valence-corrected chi connectivity index (χ3v) is 4.43. The molecule has 0 spiro atoms. The number of halogens is 1. The molecule has 122 valence electrons. The van der Waals surface area contributed by atoms with Crippen LogP contribution in [0.3, 0.4) is 0 Å². The maximum Gasteiger partial charge on any atom is 0.273 e. The van der Waals surface area contributed by atoms with Gasteiger partial charge in [0.05, 0.1) is 13.1 Å². The molecule has 0 saturated carbocycles. The molecule has 1 aromatic heterocycles. The summed E-state index contributed by atoms with van der Waals surface area (Å²) in [5, 5.41) is 3.13. The van der Waals surface area contributed by atoms with Crippen molar-refractivity contribution in [2.75, 3.05) is 13.1 Å². The standard InChI is InChI=1S/C16H17ClN2O3S/c1-16(2,22-12-5-3-11(17)4-6-12)14(20)19-9-13(10-19)21-15-18-7-8-23-15/h3-8,13H,9-10H2,1-2H3. The first kappa shape index (κ1) is 16.1. The van der Waals surface area contributed by atoms with Gasteiger partial charge in [0.15, 0.2) is 5.60 Å². The zero-order valence-corrected chi connectivity index (χ0v) is 14.4. The van der Waals surface area contributed by atoms with Gasteiger partial charge in [0, 0.05) is 16.6 Å². The Labute approximate surface area is 143 Å². The van der Waals surface area contributed by atoms with E-state index >= 15 is 0 Å². The van der Waals surface area contributed by atoms with Gasteiger partial charge in [-0.15, -0.1) is 0 Å². The number of amides is 1. The fourth-order valence-corrected chi connectivity index (χ4v) is 2.99. The van der Waals surface area contributed by atoms with Gasteiger partial charge in [0.25, 0.3) is 11.1 Å². The maximum absolute atomic E-state index is 12.6. The second-order valence-electron chi connectivity index (χ2n) is 5.81. The van der Waals surface area contributed by atoms with Crippen molar-refractivity contribution in [2.24, 2.45) is 0 Å². The van der Waals surface area contributed by atoms with E-state index in [0.717, 1.165) is 0 Å². The Morgan fingerprint density at radius 3 is 2.65 bits per heavy atom.